The first kappa shape index (κ1) is 15.8. The van der Waals surface area contributed by atoms with Gasteiger partial charge in [0.1, 0.15) is 11.5 Å². The lowest BCUT2D eigenvalue weighted by Gasteiger charge is -2.24. The zero-order valence-electron chi connectivity index (χ0n) is 11.7. The number of rotatable bonds is 3. The third-order valence-corrected chi connectivity index (χ3v) is 4.11. The van der Waals surface area contributed by atoms with Gasteiger partial charge in [-0.2, -0.15) is 5.10 Å². The minimum absolute atomic E-state index is 0.0188. The molecule has 1 N–H and O–H groups in total. The molecule has 7 heteroatoms. The van der Waals surface area contributed by atoms with E-state index in [-0.39, 0.29) is 24.0 Å². The lowest BCUT2D eigenvalue weighted by atomic mass is 10.0. The summed E-state index contributed by atoms with van der Waals surface area (Å²) >= 11 is 12.1. The summed E-state index contributed by atoms with van der Waals surface area (Å²) < 4.78 is 13.1. The van der Waals surface area contributed by atoms with Gasteiger partial charge in [-0.15, -0.1) is 0 Å². The molecule has 0 amide bonds. The van der Waals surface area contributed by atoms with E-state index in [4.69, 9.17) is 23.2 Å². The number of carboxylic acid groups (broad SMARTS) is 1. The van der Waals surface area contributed by atoms with E-state index < -0.39 is 5.97 Å². The van der Waals surface area contributed by atoms with Crippen LogP contribution in [0.2, 0.25) is 10.0 Å². The van der Waals surface area contributed by atoms with Gasteiger partial charge in [0.2, 0.25) is 0 Å². The number of aliphatic carboxylic acids is 1. The van der Waals surface area contributed by atoms with E-state index in [0.29, 0.717) is 15.7 Å². The van der Waals surface area contributed by atoms with Crippen molar-refractivity contribution in [3.63, 3.8) is 0 Å². The highest BCUT2D eigenvalue weighted by Crippen LogP contribution is 2.39. The van der Waals surface area contributed by atoms with E-state index in [0.717, 1.165) is 5.56 Å². The van der Waals surface area contributed by atoms with E-state index in [9.17, 15) is 14.3 Å². The molecule has 4 nitrogen and oxygen atoms in total. The van der Waals surface area contributed by atoms with Crippen LogP contribution in [-0.4, -0.2) is 16.8 Å². The molecule has 0 spiro atoms. The average molecular weight is 353 g/mol. The Hall–Kier alpha value is -2.11. The van der Waals surface area contributed by atoms with Crippen molar-refractivity contribution in [2.75, 3.05) is 5.01 Å². The molecule has 1 aliphatic rings. The van der Waals surface area contributed by atoms with E-state index >= 15 is 0 Å². The van der Waals surface area contributed by atoms with Crippen LogP contribution in [0, 0.1) is 5.82 Å². The number of nitrogens with zero attached hydrogens (tertiary/aromatic N) is 2. The molecule has 0 bridgehead atoms. The second-order valence-electron chi connectivity index (χ2n) is 5.06. The molecule has 0 saturated heterocycles. The summed E-state index contributed by atoms with van der Waals surface area (Å²) in [5, 5.41) is 15.8. The molecule has 1 heterocycles. The molecule has 0 aromatic heterocycles. The predicted molar refractivity (Wildman–Crippen MR) is 87.8 cm³/mol. The minimum Gasteiger partial charge on any atom is -0.477 e. The molecular formula is C16H11Cl2FN2O2. The molecule has 0 fully saturated rings. The average Bonchev–Trinajstić information content (AvgIpc) is 2.93. The zero-order valence-corrected chi connectivity index (χ0v) is 13.2. The van der Waals surface area contributed by atoms with Gasteiger partial charge in [0.05, 0.1) is 16.8 Å². The van der Waals surface area contributed by atoms with E-state index in [1.54, 1.807) is 30.3 Å². The summed E-state index contributed by atoms with van der Waals surface area (Å²) in [6.07, 6.45) is 0.194. The van der Waals surface area contributed by atoms with Crippen LogP contribution in [0.25, 0.3) is 0 Å². The minimum atomic E-state index is -1.09. The van der Waals surface area contributed by atoms with Gasteiger partial charge in [0.25, 0.3) is 0 Å². The molecule has 118 valence electrons. The fourth-order valence-corrected chi connectivity index (χ4v) is 2.97. The van der Waals surface area contributed by atoms with Gasteiger partial charge in [0, 0.05) is 11.4 Å². The summed E-state index contributed by atoms with van der Waals surface area (Å²) in [4.78, 5) is 11.3. The van der Waals surface area contributed by atoms with Gasteiger partial charge in [-0.3, -0.25) is 5.01 Å². The molecule has 0 saturated carbocycles. The van der Waals surface area contributed by atoms with Crippen LogP contribution in [0.1, 0.15) is 18.0 Å². The maximum Gasteiger partial charge on any atom is 0.352 e. The first-order chi connectivity index (χ1) is 11.0. The van der Waals surface area contributed by atoms with Crippen molar-refractivity contribution in [1.82, 2.24) is 0 Å². The van der Waals surface area contributed by atoms with Crippen LogP contribution in [0.4, 0.5) is 10.1 Å². The maximum atomic E-state index is 13.1. The number of benzene rings is 2. The summed E-state index contributed by atoms with van der Waals surface area (Å²) in [7, 11) is 0. The summed E-state index contributed by atoms with van der Waals surface area (Å²) in [5.74, 6) is -1.45. The van der Waals surface area contributed by atoms with Gasteiger partial charge in [-0.1, -0.05) is 35.3 Å². The SMILES string of the molecule is O=C(O)C1=NN(c2ccc(Cl)cc2Cl)C(c2ccc(F)cc2)C1. The Bertz CT molecular complexity index is 793. The van der Waals surface area contributed by atoms with Crippen molar-refractivity contribution in [2.24, 2.45) is 5.10 Å². The highest BCUT2D eigenvalue weighted by Gasteiger charge is 2.33. The molecule has 2 aromatic rings. The highest BCUT2D eigenvalue weighted by molar-refractivity contribution is 6.38. The number of anilines is 1. The topological polar surface area (TPSA) is 52.9 Å². The summed E-state index contributed by atoms with van der Waals surface area (Å²) in [6, 6.07) is 10.4. The first-order valence-corrected chi connectivity index (χ1v) is 7.52. The molecular weight excluding hydrogens is 342 g/mol. The van der Waals surface area contributed by atoms with Crippen LogP contribution in [-0.2, 0) is 4.79 Å². The maximum absolute atomic E-state index is 13.1. The predicted octanol–water partition coefficient (Wildman–Crippen LogP) is 4.52. The van der Waals surface area contributed by atoms with Crippen molar-refractivity contribution >= 4 is 40.6 Å². The summed E-state index contributed by atoms with van der Waals surface area (Å²) in [6.45, 7) is 0. The third-order valence-electron chi connectivity index (χ3n) is 3.57. The largest absolute Gasteiger partial charge is 0.477 e. The number of halogens is 3. The van der Waals surface area contributed by atoms with Gasteiger partial charge in [0.15, 0.2) is 0 Å². The number of carboxylic acids is 1. The molecule has 0 radical (unpaired) electrons. The third kappa shape index (κ3) is 3.16. The second kappa shape index (κ2) is 6.18. The molecule has 0 aliphatic carbocycles. The van der Waals surface area contributed by atoms with E-state index in [2.05, 4.69) is 5.10 Å². The van der Waals surface area contributed by atoms with Gasteiger partial charge in [-0.25, -0.2) is 9.18 Å². The molecule has 1 unspecified atom stereocenters. The molecule has 1 aliphatic heterocycles. The number of hydrogen-bond acceptors (Lipinski definition) is 3. The fraction of sp³-hybridized carbons (Fsp3) is 0.125. The van der Waals surface area contributed by atoms with Gasteiger partial charge < -0.3 is 5.11 Å². The van der Waals surface area contributed by atoms with E-state index in [1.807, 2.05) is 0 Å². The standard InChI is InChI=1S/C16H11Cl2FN2O2/c17-10-3-6-14(12(18)7-10)21-15(8-13(20-21)16(22)23)9-1-4-11(19)5-2-9/h1-7,15H,8H2,(H,22,23). The Morgan fingerprint density at radius 3 is 2.52 bits per heavy atom. The Balaban J connectivity index is 2.04. The van der Waals surface area contributed by atoms with Crippen molar-refractivity contribution < 1.29 is 14.3 Å². The van der Waals surface area contributed by atoms with Gasteiger partial charge >= 0.3 is 5.97 Å². The fourth-order valence-electron chi connectivity index (χ4n) is 2.47. The lowest BCUT2D eigenvalue weighted by Crippen LogP contribution is -2.19. The second-order valence-corrected chi connectivity index (χ2v) is 5.91. The van der Waals surface area contributed by atoms with Crippen molar-refractivity contribution in [2.45, 2.75) is 12.5 Å². The molecule has 3 rings (SSSR count). The Morgan fingerprint density at radius 2 is 1.91 bits per heavy atom. The first-order valence-electron chi connectivity index (χ1n) is 6.76. The number of hydrazone groups is 1. The Labute approximate surface area is 141 Å². The number of carbonyl (C=O) groups is 1. The lowest BCUT2D eigenvalue weighted by molar-refractivity contribution is -0.129. The monoisotopic (exact) mass is 352 g/mol. The van der Waals surface area contributed by atoms with Gasteiger partial charge in [-0.05, 0) is 35.9 Å². The Morgan fingerprint density at radius 1 is 1.22 bits per heavy atom. The zero-order chi connectivity index (χ0) is 16.6. The highest BCUT2D eigenvalue weighted by atomic mass is 35.5. The van der Waals surface area contributed by atoms with Crippen LogP contribution in [0.15, 0.2) is 47.6 Å². The molecule has 23 heavy (non-hydrogen) atoms. The number of hydrogen-bond donors (Lipinski definition) is 1. The normalized spacial score (nSPS) is 17.3. The van der Waals surface area contributed by atoms with Crippen LogP contribution in [0.5, 0.6) is 0 Å². The summed E-state index contributed by atoms with van der Waals surface area (Å²) in [5.41, 5.74) is 1.31. The smallest absolute Gasteiger partial charge is 0.352 e. The van der Waals surface area contributed by atoms with Crippen LogP contribution in [0.3, 0.4) is 0 Å². The van der Waals surface area contributed by atoms with Crippen LogP contribution < -0.4 is 5.01 Å². The van der Waals surface area contributed by atoms with Crippen molar-refractivity contribution in [3.05, 3.63) is 63.9 Å². The Kier molecular flexibility index (Phi) is 4.24. The van der Waals surface area contributed by atoms with Crippen molar-refractivity contribution in [3.8, 4) is 0 Å². The molecule has 1 atom stereocenters. The molecule has 2 aromatic carbocycles. The van der Waals surface area contributed by atoms with Crippen LogP contribution >= 0.6 is 23.2 Å². The quantitative estimate of drug-likeness (QED) is 0.882. The van der Waals surface area contributed by atoms with Crippen molar-refractivity contribution in [1.29, 1.82) is 0 Å². The van der Waals surface area contributed by atoms with E-state index in [1.165, 1.54) is 17.1 Å².